The number of anilines is 2. The molecule has 6 nitrogen and oxygen atoms in total. The maximum Gasteiger partial charge on any atom is 0.417 e. The average Bonchev–Trinajstić information content (AvgIpc) is 2.73. The van der Waals surface area contributed by atoms with Crippen LogP contribution in [0, 0.1) is 5.82 Å². The minimum Gasteiger partial charge on any atom is -0.478 e. The summed E-state index contributed by atoms with van der Waals surface area (Å²) in [6.07, 6.45) is -3.93. The van der Waals surface area contributed by atoms with Gasteiger partial charge in [-0.05, 0) is 41.9 Å². The molecule has 0 radical (unpaired) electrons. The summed E-state index contributed by atoms with van der Waals surface area (Å²) >= 11 is 3.10. The van der Waals surface area contributed by atoms with E-state index in [2.05, 4.69) is 51.2 Å². The van der Waals surface area contributed by atoms with Gasteiger partial charge in [-0.1, -0.05) is 19.6 Å². The van der Waals surface area contributed by atoms with E-state index in [1.54, 1.807) is 0 Å². The zero-order valence-electron chi connectivity index (χ0n) is 20.9. The number of amides is 1. The molecule has 1 aromatic heterocycles. The zero-order valence-corrected chi connectivity index (χ0v) is 23.5. The molecule has 3 rings (SSSR count). The number of piperazine rings is 1. The molecule has 1 aliphatic heterocycles. The number of aromatic nitrogens is 1. The van der Waals surface area contributed by atoms with Gasteiger partial charge >= 0.3 is 6.18 Å². The number of benzene rings is 1. The molecule has 2 aromatic rings. The lowest BCUT2D eigenvalue weighted by atomic mass is 10.1. The van der Waals surface area contributed by atoms with Crippen molar-refractivity contribution in [1.29, 1.82) is 0 Å². The largest absolute Gasteiger partial charge is 0.478 e. The highest BCUT2D eigenvalue weighted by Gasteiger charge is 2.37. The van der Waals surface area contributed by atoms with Gasteiger partial charge in [0.05, 0.1) is 33.6 Å². The Morgan fingerprint density at radius 3 is 2.44 bits per heavy atom. The van der Waals surface area contributed by atoms with Gasteiger partial charge < -0.3 is 20.3 Å². The molecule has 1 fully saturated rings. The van der Waals surface area contributed by atoms with Crippen LogP contribution in [-0.2, 0) is 6.18 Å². The van der Waals surface area contributed by atoms with Crippen molar-refractivity contribution in [3.63, 3.8) is 0 Å². The first-order valence-corrected chi connectivity index (χ1v) is 16.2. The molecule has 1 amide bonds. The SMILES string of the molecule is C[C@@H]1CN(c2cc(F)c(Br)cc2NC(=O)c2cnc(OCC[Si](C)(C)C)cc2C(F)(F)F)C[C@@H](C)N1. The number of halogens is 5. The number of carbonyl (C=O) groups is 1. The molecule has 1 aliphatic rings. The molecule has 198 valence electrons. The van der Waals surface area contributed by atoms with E-state index in [-0.39, 0.29) is 34.7 Å². The van der Waals surface area contributed by atoms with E-state index < -0.39 is 37.1 Å². The van der Waals surface area contributed by atoms with Crippen LogP contribution in [0.3, 0.4) is 0 Å². The quantitative estimate of drug-likeness (QED) is 0.299. The number of alkyl halides is 3. The van der Waals surface area contributed by atoms with Crippen molar-refractivity contribution in [2.45, 2.75) is 57.8 Å². The molecule has 0 unspecified atom stereocenters. The van der Waals surface area contributed by atoms with Gasteiger partial charge in [0.25, 0.3) is 5.91 Å². The van der Waals surface area contributed by atoms with Gasteiger partial charge in [0, 0.05) is 51.6 Å². The van der Waals surface area contributed by atoms with Crippen molar-refractivity contribution in [3.05, 3.63) is 45.8 Å². The third kappa shape index (κ3) is 7.42. The molecule has 0 aliphatic carbocycles. The average molecular weight is 592 g/mol. The highest BCUT2D eigenvalue weighted by molar-refractivity contribution is 9.10. The maximum absolute atomic E-state index is 14.4. The minimum atomic E-state index is -4.80. The third-order valence-electron chi connectivity index (χ3n) is 5.72. The summed E-state index contributed by atoms with van der Waals surface area (Å²) in [6, 6.07) is 4.32. The fraction of sp³-hybridized carbons (Fsp3) is 0.500. The van der Waals surface area contributed by atoms with Crippen LogP contribution in [0.5, 0.6) is 5.88 Å². The van der Waals surface area contributed by atoms with Crippen molar-refractivity contribution >= 4 is 41.3 Å². The molecule has 0 bridgehead atoms. The Morgan fingerprint density at radius 1 is 1.22 bits per heavy atom. The first kappa shape index (κ1) is 28.4. The van der Waals surface area contributed by atoms with Crippen molar-refractivity contribution < 1.29 is 27.1 Å². The first-order chi connectivity index (χ1) is 16.6. The van der Waals surface area contributed by atoms with E-state index in [0.717, 1.165) is 18.3 Å². The number of pyridine rings is 1. The second-order valence-electron chi connectivity index (χ2n) is 10.3. The maximum atomic E-state index is 14.4. The van der Waals surface area contributed by atoms with Crippen LogP contribution in [0.2, 0.25) is 25.7 Å². The molecule has 12 heteroatoms. The van der Waals surface area contributed by atoms with Crippen molar-refractivity contribution in [1.82, 2.24) is 10.3 Å². The lowest BCUT2D eigenvalue weighted by molar-refractivity contribution is -0.138. The van der Waals surface area contributed by atoms with Gasteiger partial charge in [-0.15, -0.1) is 0 Å². The Morgan fingerprint density at radius 2 is 1.86 bits per heavy atom. The normalized spacial score (nSPS) is 18.8. The molecule has 0 spiro atoms. The molecule has 1 aromatic carbocycles. The van der Waals surface area contributed by atoms with E-state index >= 15 is 0 Å². The van der Waals surface area contributed by atoms with Gasteiger partial charge in [-0.2, -0.15) is 13.2 Å². The minimum absolute atomic E-state index is 0.0816. The lowest BCUT2D eigenvalue weighted by Crippen LogP contribution is -2.54. The summed E-state index contributed by atoms with van der Waals surface area (Å²) < 4.78 is 61.6. The standard InChI is InChI=1S/C24H31BrF4N4O2Si/c1-14-12-33(13-15(2)31-14)21-10-19(26)18(25)9-20(21)32-23(34)16-11-30-22(8-17(16)24(27,28)29)35-6-7-36(3,4)5/h8-11,14-15,31H,6-7,12-13H2,1-5H3,(H,32,34)/t14-,15-/m1/s1. The fourth-order valence-electron chi connectivity index (χ4n) is 4.00. The van der Waals surface area contributed by atoms with Crippen LogP contribution in [-0.4, -0.2) is 50.7 Å². The summed E-state index contributed by atoms with van der Waals surface area (Å²) in [5.74, 6) is -1.73. The molecule has 2 atom stereocenters. The molecular formula is C24H31BrF4N4O2Si. The summed E-state index contributed by atoms with van der Waals surface area (Å²) in [5, 5.41) is 5.91. The van der Waals surface area contributed by atoms with E-state index in [1.165, 1.54) is 12.1 Å². The molecule has 0 saturated carbocycles. The summed E-state index contributed by atoms with van der Waals surface area (Å²) in [5.41, 5.74) is -1.21. The van der Waals surface area contributed by atoms with Crippen molar-refractivity contribution in [3.8, 4) is 5.88 Å². The molecule has 1 saturated heterocycles. The van der Waals surface area contributed by atoms with Gasteiger partial charge in [0.15, 0.2) is 0 Å². The highest BCUT2D eigenvalue weighted by Crippen LogP contribution is 2.36. The second kappa shape index (κ2) is 11.1. The Hall–Kier alpha value is -2.18. The monoisotopic (exact) mass is 590 g/mol. The highest BCUT2D eigenvalue weighted by atomic mass is 79.9. The van der Waals surface area contributed by atoms with Crippen LogP contribution in [0.4, 0.5) is 28.9 Å². The number of hydrogen-bond acceptors (Lipinski definition) is 5. The molecule has 2 N–H and O–H groups in total. The molecule has 2 heterocycles. The Balaban J connectivity index is 1.91. The Bertz CT molecular complexity index is 1100. The van der Waals surface area contributed by atoms with Crippen LogP contribution in [0.1, 0.15) is 29.8 Å². The van der Waals surface area contributed by atoms with E-state index in [4.69, 9.17) is 4.74 Å². The number of nitrogens with zero attached hydrogens (tertiary/aromatic N) is 2. The van der Waals surface area contributed by atoms with Gasteiger partial charge in [-0.3, -0.25) is 4.79 Å². The van der Waals surface area contributed by atoms with Crippen molar-refractivity contribution in [2.75, 3.05) is 29.9 Å². The Labute approximate surface area is 217 Å². The van der Waals surface area contributed by atoms with Crippen LogP contribution in [0.15, 0.2) is 28.9 Å². The van der Waals surface area contributed by atoms with Crippen LogP contribution < -0.4 is 20.3 Å². The summed E-state index contributed by atoms with van der Waals surface area (Å²) in [6.45, 7) is 11.7. The zero-order chi connectivity index (χ0) is 26.8. The van der Waals surface area contributed by atoms with Gasteiger partial charge in [0.1, 0.15) is 5.82 Å². The lowest BCUT2D eigenvalue weighted by Gasteiger charge is -2.38. The van der Waals surface area contributed by atoms with E-state index in [1.807, 2.05) is 18.7 Å². The summed E-state index contributed by atoms with van der Waals surface area (Å²) in [4.78, 5) is 18.9. The fourth-order valence-corrected chi connectivity index (χ4v) is 5.06. The van der Waals surface area contributed by atoms with Gasteiger partial charge in [0.2, 0.25) is 5.88 Å². The topological polar surface area (TPSA) is 66.5 Å². The second-order valence-corrected chi connectivity index (χ2v) is 16.8. The van der Waals surface area contributed by atoms with Crippen molar-refractivity contribution in [2.24, 2.45) is 0 Å². The number of ether oxygens (including phenoxy) is 1. The third-order valence-corrected chi connectivity index (χ3v) is 8.03. The predicted octanol–water partition coefficient (Wildman–Crippen LogP) is 6.16. The number of hydrogen-bond donors (Lipinski definition) is 2. The van der Waals surface area contributed by atoms with Gasteiger partial charge in [-0.25, -0.2) is 9.37 Å². The molecular weight excluding hydrogens is 560 g/mol. The van der Waals surface area contributed by atoms with E-state index in [9.17, 15) is 22.4 Å². The number of rotatable bonds is 7. The Kier molecular flexibility index (Phi) is 8.72. The van der Waals surface area contributed by atoms with Crippen LogP contribution in [0.25, 0.3) is 0 Å². The molecule has 36 heavy (non-hydrogen) atoms. The summed E-state index contributed by atoms with van der Waals surface area (Å²) in [7, 11) is -1.45. The van der Waals surface area contributed by atoms with Crippen LogP contribution >= 0.6 is 15.9 Å². The number of carbonyl (C=O) groups excluding carboxylic acids is 1. The predicted molar refractivity (Wildman–Crippen MR) is 139 cm³/mol. The number of nitrogens with one attached hydrogen (secondary N) is 2. The smallest absolute Gasteiger partial charge is 0.417 e. The van der Waals surface area contributed by atoms with E-state index in [0.29, 0.717) is 18.8 Å². The first-order valence-electron chi connectivity index (χ1n) is 11.7.